The van der Waals surface area contributed by atoms with Crippen LogP contribution in [0.15, 0.2) is 41.4 Å². The van der Waals surface area contributed by atoms with E-state index in [4.69, 9.17) is 4.74 Å². The molecule has 0 unspecified atom stereocenters. The molecule has 0 saturated heterocycles. The fourth-order valence-corrected chi connectivity index (χ4v) is 3.80. The number of nitrogens with zero attached hydrogens (tertiary/aromatic N) is 1. The molecule has 2 aromatic rings. The Morgan fingerprint density at radius 2 is 2.00 bits per heavy atom. The number of hydrogen-bond donors (Lipinski definition) is 2. The summed E-state index contributed by atoms with van der Waals surface area (Å²) in [4.78, 5) is 5.74. The van der Waals surface area contributed by atoms with Gasteiger partial charge >= 0.3 is 0 Å². The summed E-state index contributed by atoms with van der Waals surface area (Å²) in [5.74, 6) is 0.802. The molecule has 128 valence electrons. The number of hydrogen-bond acceptors (Lipinski definition) is 5. The SMILES string of the molecule is CNSc1ccc(NC2CCCCC2)c(-c2ncccc2OC)c1. The summed E-state index contributed by atoms with van der Waals surface area (Å²) < 4.78 is 8.67. The van der Waals surface area contributed by atoms with Crippen molar-refractivity contribution >= 4 is 17.6 Å². The van der Waals surface area contributed by atoms with E-state index in [2.05, 4.69) is 33.2 Å². The predicted octanol–water partition coefficient (Wildman–Crippen LogP) is 4.73. The van der Waals surface area contributed by atoms with Gasteiger partial charge in [-0.05, 0) is 62.2 Å². The van der Waals surface area contributed by atoms with E-state index in [0.29, 0.717) is 6.04 Å². The van der Waals surface area contributed by atoms with Crippen LogP contribution in [0.5, 0.6) is 5.75 Å². The highest BCUT2D eigenvalue weighted by molar-refractivity contribution is 7.97. The third kappa shape index (κ3) is 4.02. The summed E-state index contributed by atoms with van der Waals surface area (Å²) in [5.41, 5.74) is 3.12. The van der Waals surface area contributed by atoms with Crippen LogP contribution >= 0.6 is 11.9 Å². The number of benzene rings is 1. The zero-order valence-electron chi connectivity index (χ0n) is 14.3. The number of nitrogens with one attached hydrogen (secondary N) is 2. The molecule has 1 aliphatic rings. The Morgan fingerprint density at radius 1 is 1.17 bits per heavy atom. The Bertz CT molecular complexity index is 671. The van der Waals surface area contributed by atoms with Crippen LogP contribution in [0.3, 0.4) is 0 Å². The van der Waals surface area contributed by atoms with Crippen molar-refractivity contribution in [2.75, 3.05) is 19.5 Å². The van der Waals surface area contributed by atoms with Gasteiger partial charge in [0.25, 0.3) is 0 Å². The van der Waals surface area contributed by atoms with Gasteiger partial charge in [-0.2, -0.15) is 0 Å². The summed E-state index contributed by atoms with van der Waals surface area (Å²) in [5, 5.41) is 3.74. The highest BCUT2D eigenvalue weighted by Crippen LogP contribution is 2.36. The second-order valence-electron chi connectivity index (χ2n) is 6.05. The third-order valence-corrected chi connectivity index (χ3v) is 5.12. The maximum Gasteiger partial charge on any atom is 0.145 e. The van der Waals surface area contributed by atoms with Crippen molar-refractivity contribution in [3.63, 3.8) is 0 Å². The number of rotatable bonds is 6. The van der Waals surface area contributed by atoms with Crippen LogP contribution in [0.25, 0.3) is 11.3 Å². The molecule has 0 aliphatic heterocycles. The summed E-state index contributed by atoms with van der Waals surface area (Å²) in [6.45, 7) is 0. The topological polar surface area (TPSA) is 46.2 Å². The van der Waals surface area contributed by atoms with Crippen LogP contribution < -0.4 is 14.8 Å². The van der Waals surface area contributed by atoms with Crippen LogP contribution in [0.1, 0.15) is 32.1 Å². The lowest BCUT2D eigenvalue weighted by atomic mass is 9.95. The van der Waals surface area contributed by atoms with Gasteiger partial charge in [0.05, 0.1) is 7.11 Å². The Kier molecular flexibility index (Phi) is 5.99. The van der Waals surface area contributed by atoms with E-state index in [-0.39, 0.29) is 0 Å². The molecule has 2 N–H and O–H groups in total. The van der Waals surface area contributed by atoms with Crippen molar-refractivity contribution in [1.29, 1.82) is 0 Å². The van der Waals surface area contributed by atoms with E-state index in [0.717, 1.165) is 27.6 Å². The maximum atomic E-state index is 5.53. The zero-order valence-corrected chi connectivity index (χ0v) is 15.2. The highest BCUT2D eigenvalue weighted by atomic mass is 32.2. The molecule has 3 rings (SSSR count). The second-order valence-corrected chi connectivity index (χ2v) is 7.13. The van der Waals surface area contributed by atoms with Gasteiger partial charge in [-0.3, -0.25) is 9.71 Å². The average molecular weight is 343 g/mol. The van der Waals surface area contributed by atoms with Crippen molar-refractivity contribution in [1.82, 2.24) is 9.71 Å². The summed E-state index contributed by atoms with van der Waals surface area (Å²) >= 11 is 1.61. The lowest BCUT2D eigenvalue weighted by Gasteiger charge is -2.25. The number of methoxy groups -OCH3 is 1. The average Bonchev–Trinajstić information content (AvgIpc) is 2.64. The lowest BCUT2D eigenvalue weighted by molar-refractivity contribution is 0.415. The molecule has 0 radical (unpaired) electrons. The highest BCUT2D eigenvalue weighted by Gasteiger charge is 2.17. The Morgan fingerprint density at radius 3 is 2.75 bits per heavy atom. The Labute approximate surface area is 148 Å². The smallest absolute Gasteiger partial charge is 0.145 e. The Hall–Kier alpha value is -1.72. The van der Waals surface area contributed by atoms with Crippen molar-refractivity contribution in [3.8, 4) is 17.0 Å². The number of aromatic nitrogens is 1. The summed E-state index contributed by atoms with van der Waals surface area (Å²) in [7, 11) is 3.63. The molecule has 1 aromatic heterocycles. The number of pyridine rings is 1. The standard InChI is InChI=1S/C19H25N3OS/c1-20-24-15-10-11-17(22-14-7-4-3-5-8-14)16(13-15)19-18(23-2)9-6-12-21-19/h6,9-14,20,22H,3-5,7-8H2,1-2H3. The van der Waals surface area contributed by atoms with Crippen LogP contribution in [0, 0.1) is 0 Å². The fourth-order valence-electron chi connectivity index (χ4n) is 3.25. The lowest BCUT2D eigenvalue weighted by Crippen LogP contribution is -2.22. The quantitative estimate of drug-likeness (QED) is 0.743. The predicted molar refractivity (Wildman–Crippen MR) is 102 cm³/mol. The first kappa shape index (κ1) is 17.1. The molecule has 1 aromatic carbocycles. The van der Waals surface area contributed by atoms with Gasteiger partial charge in [-0.15, -0.1) is 0 Å². The minimum atomic E-state index is 0.551. The third-order valence-electron chi connectivity index (χ3n) is 4.42. The normalized spacial score (nSPS) is 15.2. The van der Waals surface area contributed by atoms with Crippen molar-refractivity contribution in [2.45, 2.75) is 43.0 Å². The molecular weight excluding hydrogens is 318 g/mol. The largest absolute Gasteiger partial charge is 0.494 e. The molecule has 1 heterocycles. The fraction of sp³-hybridized carbons (Fsp3) is 0.421. The molecule has 1 saturated carbocycles. The van der Waals surface area contributed by atoms with Gasteiger partial charge in [-0.25, -0.2) is 0 Å². The molecule has 1 aliphatic carbocycles. The molecule has 24 heavy (non-hydrogen) atoms. The Balaban J connectivity index is 1.97. The van der Waals surface area contributed by atoms with Gasteiger partial charge in [0.1, 0.15) is 11.4 Å². The first-order valence-electron chi connectivity index (χ1n) is 8.55. The summed E-state index contributed by atoms with van der Waals surface area (Å²) in [6, 6.07) is 10.9. The monoisotopic (exact) mass is 343 g/mol. The minimum Gasteiger partial charge on any atom is -0.494 e. The van der Waals surface area contributed by atoms with E-state index in [1.54, 1.807) is 19.1 Å². The molecule has 0 bridgehead atoms. The van der Waals surface area contributed by atoms with Crippen molar-refractivity contribution in [3.05, 3.63) is 36.5 Å². The number of ether oxygens (including phenoxy) is 1. The maximum absolute atomic E-state index is 5.53. The first-order valence-corrected chi connectivity index (χ1v) is 9.37. The molecule has 0 atom stereocenters. The van der Waals surface area contributed by atoms with Crippen LogP contribution in [0.4, 0.5) is 5.69 Å². The van der Waals surface area contributed by atoms with E-state index in [1.807, 2.05) is 25.4 Å². The van der Waals surface area contributed by atoms with Gasteiger partial charge < -0.3 is 10.1 Å². The number of anilines is 1. The van der Waals surface area contributed by atoms with E-state index in [1.165, 1.54) is 32.1 Å². The minimum absolute atomic E-state index is 0.551. The summed E-state index contributed by atoms with van der Waals surface area (Å²) in [6.07, 6.45) is 8.29. The first-order chi connectivity index (χ1) is 11.8. The molecule has 4 nitrogen and oxygen atoms in total. The van der Waals surface area contributed by atoms with Gasteiger partial charge in [0.2, 0.25) is 0 Å². The van der Waals surface area contributed by atoms with E-state index < -0.39 is 0 Å². The van der Waals surface area contributed by atoms with Crippen LogP contribution in [0.2, 0.25) is 0 Å². The molecular formula is C19H25N3OS. The molecule has 5 heteroatoms. The van der Waals surface area contributed by atoms with Gasteiger partial charge in [0, 0.05) is 28.4 Å². The van der Waals surface area contributed by atoms with Crippen LogP contribution in [-0.4, -0.2) is 25.2 Å². The molecule has 0 spiro atoms. The van der Waals surface area contributed by atoms with Gasteiger partial charge in [0.15, 0.2) is 0 Å². The van der Waals surface area contributed by atoms with Crippen molar-refractivity contribution < 1.29 is 4.74 Å². The van der Waals surface area contributed by atoms with Gasteiger partial charge in [-0.1, -0.05) is 19.3 Å². The molecule has 1 fully saturated rings. The van der Waals surface area contributed by atoms with Crippen molar-refractivity contribution in [2.24, 2.45) is 0 Å². The second kappa shape index (κ2) is 8.40. The molecule has 0 amide bonds. The van der Waals surface area contributed by atoms with Crippen LogP contribution in [-0.2, 0) is 0 Å². The van der Waals surface area contributed by atoms with E-state index in [9.17, 15) is 0 Å². The zero-order chi connectivity index (χ0) is 16.8. The van der Waals surface area contributed by atoms with E-state index >= 15 is 0 Å².